The van der Waals surface area contributed by atoms with Crippen molar-refractivity contribution in [3.05, 3.63) is 83.4 Å². The molecular weight excluding hydrogens is 466 g/mol. The molecule has 3 aromatic carbocycles. The van der Waals surface area contributed by atoms with Crippen LogP contribution in [0.15, 0.2) is 60.7 Å². The van der Waals surface area contributed by atoms with Crippen LogP contribution in [0, 0.1) is 17.0 Å². The molecule has 8 heteroatoms. The number of aryl methyl sites for hydroxylation is 1. The third-order valence-corrected chi connectivity index (χ3v) is 6.75. The minimum atomic E-state index is -1.05. The van der Waals surface area contributed by atoms with Crippen molar-refractivity contribution in [3.8, 4) is 11.1 Å². The fourth-order valence-electron chi connectivity index (χ4n) is 4.57. The highest BCUT2D eigenvalue weighted by molar-refractivity contribution is 6.05. The summed E-state index contributed by atoms with van der Waals surface area (Å²) >= 11 is 0. The van der Waals surface area contributed by atoms with E-state index in [-0.39, 0.29) is 23.9 Å². The number of urea groups is 1. The quantitative estimate of drug-likeness (QED) is 0.392. The molecule has 1 aliphatic carbocycles. The van der Waals surface area contributed by atoms with Gasteiger partial charge in [-0.25, -0.2) is 13.6 Å². The number of benzene rings is 3. The molecule has 3 aromatic rings. The lowest BCUT2D eigenvalue weighted by Crippen LogP contribution is -2.37. The van der Waals surface area contributed by atoms with Gasteiger partial charge >= 0.3 is 12.0 Å². The van der Waals surface area contributed by atoms with Crippen LogP contribution in [0.2, 0.25) is 0 Å². The zero-order valence-electron chi connectivity index (χ0n) is 20.0. The van der Waals surface area contributed by atoms with Gasteiger partial charge in [-0.05, 0) is 60.2 Å². The van der Waals surface area contributed by atoms with Crippen molar-refractivity contribution in [3.63, 3.8) is 0 Å². The Kier molecular flexibility index (Phi) is 7.15. The number of esters is 1. The van der Waals surface area contributed by atoms with Gasteiger partial charge in [0.2, 0.25) is 0 Å². The maximum absolute atomic E-state index is 13.3. The van der Waals surface area contributed by atoms with Crippen molar-refractivity contribution in [2.45, 2.75) is 32.6 Å². The number of halogens is 2. The van der Waals surface area contributed by atoms with Gasteiger partial charge in [-0.15, -0.1) is 0 Å². The maximum Gasteiger partial charge on any atom is 0.323 e. The van der Waals surface area contributed by atoms with Gasteiger partial charge in [-0.3, -0.25) is 9.59 Å². The fourth-order valence-corrected chi connectivity index (χ4v) is 4.57. The normalized spacial score (nSPS) is 16.7. The van der Waals surface area contributed by atoms with Gasteiger partial charge in [-0.1, -0.05) is 37.3 Å². The van der Waals surface area contributed by atoms with Crippen LogP contribution >= 0.6 is 0 Å². The Bertz CT molecular complexity index is 1320. The van der Waals surface area contributed by atoms with E-state index in [0.717, 1.165) is 28.8 Å². The predicted molar refractivity (Wildman–Crippen MR) is 133 cm³/mol. The van der Waals surface area contributed by atoms with E-state index in [9.17, 15) is 23.2 Å². The number of rotatable bonds is 6. The Balaban J connectivity index is 1.46. The Labute approximate surface area is 207 Å². The number of methoxy groups -OCH3 is 1. The highest BCUT2D eigenvalue weighted by Crippen LogP contribution is 2.42. The zero-order chi connectivity index (χ0) is 25.9. The number of ether oxygens (including phenoxy) is 1. The van der Waals surface area contributed by atoms with Gasteiger partial charge in [0, 0.05) is 28.4 Å². The molecule has 6 nitrogen and oxygen atoms in total. The number of carbonyl (C=O) groups is 3. The Hall–Kier alpha value is -4.07. The summed E-state index contributed by atoms with van der Waals surface area (Å²) in [7, 11) is 1.33. The molecule has 2 amide bonds. The number of fused-ring (bicyclic) bond motifs is 1. The molecule has 36 heavy (non-hydrogen) atoms. The molecule has 186 valence electrons. The molecule has 0 fully saturated rings. The number of carbonyl (C=O) groups excluding carboxylic acids is 3. The lowest BCUT2D eigenvalue weighted by molar-refractivity contribution is -0.143. The third kappa shape index (κ3) is 5.12. The van der Waals surface area contributed by atoms with E-state index in [1.54, 1.807) is 12.1 Å². The standard InChI is InChI=1S/C28H26F2N2O4/c1-3-28(16-25(33)36-2)13-12-19-14-18(6-10-22(19)26(28)34)17-4-7-20(8-5-17)31-27(35)32-21-9-11-23(29)24(30)15-21/h4-11,14-15H,3,12-13,16H2,1-2H3,(H2,31,32,35)/t28-/m0/s1. The van der Waals surface area contributed by atoms with Crippen molar-refractivity contribution in [1.82, 2.24) is 0 Å². The van der Waals surface area contributed by atoms with E-state index in [2.05, 4.69) is 10.6 Å². The number of anilines is 2. The Morgan fingerprint density at radius 2 is 1.58 bits per heavy atom. The van der Waals surface area contributed by atoms with Gasteiger partial charge in [0.15, 0.2) is 17.4 Å². The summed E-state index contributed by atoms with van der Waals surface area (Å²) < 4.78 is 31.2. The minimum absolute atomic E-state index is 0.0187. The number of Topliss-reactive ketones (excluding diaryl/α,β-unsaturated/α-hetero) is 1. The summed E-state index contributed by atoms with van der Waals surface area (Å²) in [6.07, 6.45) is 1.92. The second-order valence-electron chi connectivity index (χ2n) is 8.87. The van der Waals surface area contributed by atoms with Crippen LogP contribution in [-0.4, -0.2) is 24.9 Å². The molecule has 0 radical (unpaired) electrons. The molecule has 0 saturated carbocycles. The lowest BCUT2D eigenvalue weighted by Gasteiger charge is -2.35. The summed E-state index contributed by atoms with van der Waals surface area (Å²) in [5.74, 6) is -2.44. The van der Waals surface area contributed by atoms with Crippen molar-refractivity contribution >= 4 is 29.2 Å². The zero-order valence-corrected chi connectivity index (χ0v) is 20.0. The number of ketones is 1. The second kappa shape index (κ2) is 10.3. The molecule has 0 aliphatic heterocycles. The summed E-state index contributed by atoms with van der Waals surface area (Å²) in [4.78, 5) is 37.4. The highest BCUT2D eigenvalue weighted by atomic mass is 19.2. The van der Waals surface area contributed by atoms with E-state index in [1.807, 2.05) is 37.3 Å². The lowest BCUT2D eigenvalue weighted by atomic mass is 9.67. The van der Waals surface area contributed by atoms with Gasteiger partial charge < -0.3 is 15.4 Å². The van der Waals surface area contributed by atoms with Crippen molar-refractivity contribution < 1.29 is 27.9 Å². The molecule has 0 spiro atoms. The largest absolute Gasteiger partial charge is 0.469 e. The highest BCUT2D eigenvalue weighted by Gasteiger charge is 2.43. The molecule has 1 atom stereocenters. The number of nitrogens with one attached hydrogen (secondary N) is 2. The maximum atomic E-state index is 13.3. The van der Waals surface area contributed by atoms with Crippen LogP contribution in [0.1, 0.15) is 42.1 Å². The fraction of sp³-hybridized carbons (Fsp3) is 0.250. The average molecular weight is 493 g/mol. The van der Waals surface area contributed by atoms with Gasteiger partial charge in [0.05, 0.1) is 13.5 Å². The first kappa shape index (κ1) is 25.0. The molecule has 0 heterocycles. The summed E-state index contributed by atoms with van der Waals surface area (Å²) in [6.45, 7) is 1.92. The summed E-state index contributed by atoms with van der Waals surface area (Å²) in [5.41, 5.74) is 3.33. The van der Waals surface area contributed by atoms with E-state index in [4.69, 9.17) is 4.74 Å². The first-order chi connectivity index (χ1) is 17.2. The van der Waals surface area contributed by atoms with Crippen molar-refractivity contribution in [1.29, 1.82) is 0 Å². The van der Waals surface area contributed by atoms with E-state index >= 15 is 0 Å². The smallest absolute Gasteiger partial charge is 0.323 e. The Morgan fingerprint density at radius 1 is 0.917 bits per heavy atom. The first-order valence-corrected chi connectivity index (χ1v) is 11.6. The van der Waals surface area contributed by atoms with Gasteiger partial charge in [-0.2, -0.15) is 0 Å². The second-order valence-corrected chi connectivity index (χ2v) is 8.87. The van der Waals surface area contributed by atoms with Crippen molar-refractivity contribution in [2.24, 2.45) is 5.41 Å². The molecule has 0 unspecified atom stereocenters. The van der Waals surface area contributed by atoms with E-state index < -0.39 is 23.1 Å². The molecule has 2 N–H and O–H groups in total. The summed E-state index contributed by atoms with van der Waals surface area (Å²) in [6, 6.07) is 15.3. The number of amides is 2. The van der Waals surface area contributed by atoms with Crippen LogP contribution in [0.5, 0.6) is 0 Å². The number of hydrogen-bond acceptors (Lipinski definition) is 4. The first-order valence-electron chi connectivity index (χ1n) is 11.6. The van der Waals surface area contributed by atoms with Crippen LogP contribution in [0.4, 0.5) is 25.0 Å². The average Bonchev–Trinajstić information content (AvgIpc) is 2.88. The van der Waals surface area contributed by atoms with Crippen molar-refractivity contribution in [2.75, 3.05) is 17.7 Å². The van der Waals surface area contributed by atoms with Crippen LogP contribution in [0.25, 0.3) is 11.1 Å². The number of hydrogen-bond donors (Lipinski definition) is 2. The molecule has 4 rings (SSSR count). The topological polar surface area (TPSA) is 84.5 Å². The minimum Gasteiger partial charge on any atom is -0.469 e. The molecule has 1 aliphatic rings. The molecule has 0 saturated heterocycles. The SMILES string of the molecule is CC[C@@]1(CC(=O)OC)CCc2cc(-c3ccc(NC(=O)Nc4ccc(F)c(F)c4)cc3)ccc2C1=O. The van der Waals surface area contributed by atoms with Crippen LogP contribution in [0.3, 0.4) is 0 Å². The summed E-state index contributed by atoms with van der Waals surface area (Å²) in [5, 5.41) is 5.10. The predicted octanol–water partition coefficient (Wildman–Crippen LogP) is 6.36. The molecule has 0 bridgehead atoms. The van der Waals surface area contributed by atoms with Gasteiger partial charge in [0.1, 0.15) is 0 Å². The third-order valence-electron chi connectivity index (χ3n) is 6.75. The monoisotopic (exact) mass is 492 g/mol. The molecular formula is C28H26F2N2O4. The van der Waals surface area contributed by atoms with Crippen LogP contribution in [-0.2, 0) is 16.0 Å². The Morgan fingerprint density at radius 3 is 2.25 bits per heavy atom. The van der Waals surface area contributed by atoms with Gasteiger partial charge in [0.25, 0.3) is 0 Å². The van der Waals surface area contributed by atoms with E-state index in [0.29, 0.717) is 30.5 Å². The molecule has 0 aromatic heterocycles. The van der Waals surface area contributed by atoms with Crippen LogP contribution < -0.4 is 10.6 Å². The van der Waals surface area contributed by atoms with E-state index in [1.165, 1.54) is 13.2 Å².